The molecular weight excluding hydrogens is 485 g/mol. The van der Waals surface area contributed by atoms with Gasteiger partial charge in [-0.2, -0.15) is 4.90 Å². The highest BCUT2D eigenvalue weighted by Crippen LogP contribution is 2.51. The standard InChI is InChI=1S/C26H31BClNO7/c1-4-14(10-16-7-8-17(30)12-20(16)28)6-9-21-22-15(5-2)11-18-23(19(22)13-27(34)36-21)25(32)29(24(18)31)26(33)35-3/h7-8,10,12,18-19,21,23,30,34H,4-6,9,11,13H2,1-3H3/b14-10+/t18-,19+,21-,23-/m1/s1. The molecule has 0 saturated carbocycles. The number of amides is 3. The molecule has 4 rings (SSSR count). The van der Waals surface area contributed by atoms with Gasteiger partial charge in [0.25, 0.3) is 0 Å². The Morgan fingerprint density at radius 2 is 2.03 bits per heavy atom. The summed E-state index contributed by atoms with van der Waals surface area (Å²) < 4.78 is 10.7. The molecule has 3 aliphatic rings. The number of rotatable bonds is 6. The topological polar surface area (TPSA) is 113 Å². The summed E-state index contributed by atoms with van der Waals surface area (Å²) in [7, 11) is 0.0704. The van der Waals surface area contributed by atoms with E-state index < -0.39 is 43.0 Å². The van der Waals surface area contributed by atoms with Crippen LogP contribution in [0.4, 0.5) is 4.79 Å². The Balaban J connectivity index is 1.61. The van der Waals surface area contributed by atoms with Crippen LogP contribution in [-0.2, 0) is 19.0 Å². The molecular formula is C26H31BClNO7. The number of carbonyl (C=O) groups excluding carboxylic acids is 3. The van der Waals surface area contributed by atoms with Crippen LogP contribution in [0.15, 0.2) is 34.9 Å². The maximum Gasteiger partial charge on any atom is 0.455 e. The van der Waals surface area contributed by atoms with Gasteiger partial charge in [-0.25, -0.2) is 4.79 Å². The van der Waals surface area contributed by atoms with E-state index in [1.165, 1.54) is 6.07 Å². The van der Waals surface area contributed by atoms with Crippen molar-refractivity contribution >= 4 is 42.7 Å². The van der Waals surface area contributed by atoms with Crippen LogP contribution >= 0.6 is 11.6 Å². The number of hydrogen-bond acceptors (Lipinski definition) is 7. The molecule has 192 valence electrons. The lowest BCUT2D eigenvalue weighted by Gasteiger charge is -2.43. The highest BCUT2D eigenvalue weighted by Gasteiger charge is 2.58. The molecule has 10 heteroatoms. The highest BCUT2D eigenvalue weighted by molar-refractivity contribution is 6.43. The highest BCUT2D eigenvalue weighted by atomic mass is 35.5. The van der Waals surface area contributed by atoms with Crippen molar-refractivity contribution in [1.29, 1.82) is 0 Å². The van der Waals surface area contributed by atoms with Crippen LogP contribution in [0, 0.1) is 17.8 Å². The average molecular weight is 516 g/mol. The van der Waals surface area contributed by atoms with Gasteiger partial charge in [0.2, 0.25) is 11.8 Å². The monoisotopic (exact) mass is 515 g/mol. The molecule has 1 aromatic carbocycles. The van der Waals surface area contributed by atoms with E-state index in [0.717, 1.165) is 35.8 Å². The second kappa shape index (κ2) is 10.8. The lowest BCUT2D eigenvalue weighted by Crippen LogP contribution is -2.46. The summed E-state index contributed by atoms with van der Waals surface area (Å²) in [5.41, 5.74) is 3.96. The summed E-state index contributed by atoms with van der Waals surface area (Å²) in [6, 6.07) is 4.85. The minimum Gasteiger partial charge on any atom is -0.508 e. The van der Waals surface area contributed by atoms with Gasteiger partial charge in [0.05, 0.1) is 30.1 Å². The molecule has 2 N–H and O–H groups in total. The van der Waals surface area contributed by atoms with E-state index in [1.54, 1.807) is 12.1 Å². The van der Waals surface area contributed by atoms with E-state index in [2.05, 4.69) is 4.74 Å². The molecule has 4 atom stereocenters. The lowest BCUT2D eigenvalue weighted by molar-refractivity contribution is -0.137. The molecule has 2 fully saturated rings. The number of carbonyl (C=O) groups is 3. The van der Waals surface area contributed by atoms with Crippen LogP contribution in [0.3, 0.4) is 0 Å². The fourth-order valence-corrected chi connectivity index (χ4v) is 6.12. The van der Waals surface area contributed by atoms with Gasteiger partial charge in [0.1, 0.15) is 5.75 Å². The first-order valence-corrected chi connectivity index (χ1v) is 12.8. The number of imide groups is 3. The number of ether oxygens (including phenoxy) is 1. The summed E-state index contributed by atoms with van der Waals surface area (Å²) in [6.45, 7) is 4.05. The van der Waals surface area contributed by atoms with E-state index >= 15 is 0 Å². The van der Waals surface area contributed by atoms with Crippen LogP contribution < -0.4 is 0 Å². The zero-order chi connectivity index (χ0) is 26.1. The fraction of sp³-hybridized carbons (Fsp3) is 0.500. The van der Waals surface area contributed by atoms with Gasteiger partial charge < -0.3 is 19.5 Å². The summed E-state index contributed by atoms with van der Waals surface area (Å²) in [5.74, 6) is -2.70. The molecule has 0 aromatic heterocycles. The third-order valence-corrected chi connectivity index (χ3v) is 7.94. The van der Waals surface area contributed by atoms with Crippen molar-refractivity contribution in [2.75, 3.05) is 7.11 Å². The number of allylic oxidation sites excluding steroid dienone is 2. The first kappa shape index (κ1) is 26.4. The normalized spacial score (nSPS) is 26.3. The van der Waals surface area contributed by atoms with Crippen molar-refractivity contribution in [2.24, 2.45) is 17.8 Å². The number of likely N-dealkylation sites (tertiary alicyclic amines) is 1. The quantitative estimate of drug-likeness (QED) is 0.323. The Kier molecular flexibility index (Phi) is 7.92. The predicted octanol–water partition coefficient (Wildman–Crippen LogP) is 4.59. The Labute approximate surface area is 216 Å². The molecule has 3 amide bonds. The van der Waals surface area contributed by atoms with Crippen LogP contribution in [0.1, 0.15) is 51.5 Å². The molecule has 2 aliphatic heterocycles. The number of aromatic hydroxyl groups is 1. The molecule has 1 aromatic rings. The SMILES string of the molecule is CCC1=C2[C@@H](CC/C(=C/c3ccc(O)cc3Cl)CC)OB(O)C[C@@H]2[C@@H]2C(=O)N(C(=O)OC)C(=O)[C@@H]2C1. The minimum absolute atomic E-state index is 0.103. The van der Waals surface area contributed by atoms with E-state index in [-0.39, 0.29) is 18.0 Å². The molecule has 2 heterocycles. The smallest absolute Gasteiger partial charge is 0.455 e. The Morgan fingerprint density at radius 3 is 2.67 bits per heavy atom. The second-order valence-corrected chi connectivity index (χ2v) is 9.96. The first-order chi connectivity index (χ1) is 17.2. The summed E-state index contributed by atoms with van der Waals surface area (Å²) in [4.78, 5) is 39.0. The zero-order valence-electron chi connectivity index (χ0n) is 20.7. The third-order valence-electron chi connectivity index (χ3n) is 7.62. The molecule has 0 bridgehead atoms. The molecule has 0 unspecified atom stereocenters. The third kappa shape index (κ3) is 4.84. The van der Waals surface area contributed by atoms with Gasteiger partial charge >= 0.3 is 13.2 Å². The predicted molar refractivity (Wildman–Crippen MR) is 135 cm³/mol. The maximum atomic E-state index is 13.2. The summed E-state index contributed by atoms with van der Waals surface area (Å²) >= 11 is 6.28. The number of benzene rings is 1. The number of phenolic OH excluding ortho intramolecular Hbond substituents is 1. The van der Waals surface area contributed by atoms with Crippen LogP contribution in [0.5, 0.6) is 5.75 Å². The average Bonchev–Trinajstić information content (AvgIpc) is 3.11. The summed E-state index contributed by atoms with van der Waals surface area (Å²) in [6.07, 6.45) is 3.94. The van der Waals surface area contributed by atoms with E-state index in [9.17, 15) is 24.5 Å². The van der Waals surface area contributed by atoms with Crippen molar-refractivity contribution in [2.45, 2.75) is 58.4 Å². The Bertz CT molecular complexity index is 1130. The Morgan fingerprint density at radius 1 is 1.28 bits per heavy atom. The molecule has 2 saturated heterocycles. The van der Waals surface area contributed by atoms with Crippen LogP contribution in [0.2, 0.25) is 11.3 Å². The Hall–Kier alpha value is -2.62. The molecule has 0 spiro atoms. The lowest BCUT2D eigenvalue weighted by atomic mass is 9.58. The van der Waals surface area contributed by atoms with Gasteiger partial charge in [-0.15, -0.1) is 0 Å². The van der Waals surface area contributed by atoms with Gasteiger partial charge in [-0.05, 0) is 73.7 Å². The number of hydrogen-bond donors (Lipinski definition) is 2. The minimum atomic E-state index is -1.07. The second-order valence-electron chi connectivity index (χ2n) is 9.55. The van der Waals surface area contributed by atoms with Gasteiger partial charge in [0, 0.05) is 0 Å². The summed E-state index contributed by atoms with van der Waals surface area (Å²) in [5, 5.41) is 20.7. The van der Waals surface area contributed by atoms with Gasteiger partial charge in [-0.1, -0.05) is 42.7 Å². The van der Waals surface area contributed by atoms with Crippen molar-refractivity contribution in [1.82, 2.24) is 4.90 Å². The molecule has 0 radical (unpaired) electrons. The first-order valence-electron chi connectivity index (χ1n) is 12.4. The van der Waals surface area contributed by atoms with Crippen molar-refractivity contribution in [3.8, 4) is 5.75 Å². The van der Waals surface area contributed by atoms with Crippen molar-refractivity contribution < 1.29 is 33.9 Å². The zero-order valence-corrected chi connectivity index (χ0v) is 21.5. The van der Waals surface area contributed by atoms with Gasteiger partial charge in [-0.3, -0.25) is 9.59 Å². The molecule has 36 heavy (non-hydrogen) atoms. The number of nitrogens with zero attached hydrogens (tertiary/aromatic N) is 1. The van der Waals surface area contributed by atoms with E-state index in [0.29, 0.717) is 35.6 Å². The van der Waals surface area contributed by atoms with Crippen LogP contribution in [0.25, 0.3) is 6.08 Å². The van der Waals surface area contributed by atoms with Crippen molar-refractivity contribution in [3.63, 3.8) is 0 Å². The number of halogens is 1. The molecule has 8 nitrogen and oxygen atoms in total. The van der Waals surface area contributed by atoms with Crippen molar-refractivity contribution in [3.05, 3.63) is 45.5 Å². The number of methoxy groups -OCH3 is 1. The molecule has 1 aliphatic carbocycles. The van der Waals surface area contributed by atoms with E-state index in [4.69, 9.17) is 16.3 Å². The number of phenols is 1. The van der Waals surface area contributed by atoms with Crippen LogP contribution in [-0.4, -0.2) is 53.3 Å². The fourth-order valence-electron chi connectivity index (χ4n) is 5.89. The van der Waals surface area contributed by atoms with E-state index in [1.807, 2.05) is 19.9 Å². The maximum absolute atomic E-state index is 13.2. The largest absolute Gasteiger partial charge is 0.508 e. The number of fused-ring (bicyclic) bond motifs is 3. The van der Waals surface area contributed by atoms with Gasteiger partial charge in [0.15, 0.2) is 0 Å².